The summed E-state index contributed by atoms with van der Waals surface area (Å²) in [6.07, 6.45) is 1.54. The standard InChI is InChI=1S/C17H13NO5S/c1-2-18-15(19)14(24-17(18)22)9-12-7-8-13(23-12)10-3-5-11(6-4-10)16(20)21/h3-9H,2H2,1H3,(H,20,21)/b14-9-. The Morgan fingerprint density at radius 3 is 2.50 bits per heavy atom. The summed E-state index contributed by atoms with van der Waals surface area (Å²) >= 11 is 0.885. The van der Waals surface area contributed by atoms with E-state index in [0.717, 1.165) is 17.3 Å². The van der Waals surface area contributed by atoms with Crippen LogP contribution in [0.2, 0.25) is 0 Å². The first-order chi connectivity index (χ1) is 11.5. The average Bonchev–Trinajstić information content (AvgIpc) is 3.13. The molecule has 122 valence electrons. The number of carboxylic acids is 1. The number of hydrogen-bond acceptors (Lipinski definition) is 5. The first-order valence-corrected chi connectivity index (χ1v) is 8.00. The highest BCUT2D eigenvalue weighted by molar-refractivity contribution is 8.18. The number of carboxylic acid groups (broad SMARTS) is 1. The minimum atomic E-state index is -0.992. The summed E-state index contributed by atoms with van der Waals surface area (Å²) in [6.45, 7) is 2.08. The van der Waals surface area contributed by atoms with Gasteiger partial charge in [-0.1, -0.05) is 12.1 Å². The number of aromatic carboxylic acids is 1. The van der Waals surface area contributed by atoms with E-state index in [9.17, 15) is 14.4 Å². The number of rotatable bonds is 4. The quantitative estimate of drug-likeness (QED) is 0.852. The van der Waals surface area contributed by atoms with Crippen LogP contribution in [0.5, 0.6) is 0 Å². The Morgan fingerprint density at radius 2 is 1.92 bits per heavy atom. The van der Waals surface area contributed by atoms with E-state index in [4.69, 9.17) is 9.52 Å². The number of carbonyl (C=O) groups excluding carboxylic acids is 2. The summed E-state index contributed by atoms with van der Waals surface area (Å²) in [5.74, 6) is -0.314. The molecular formula is C17H13NO5S. The molecule has 1 N–H and O–H groups in total. The van der Waals surface area contributed by atoms with Gasteiger partial charge < -0.3 is 9.52 Å². The normalized spacial score (nSPS) is 16.2. The van der Waals surface area contributed by atoms with Gasteiger partial charge in [-0.25, -0.2) is 4.79 Å². The van der Waals surface area contributed by atoms with Crippen LogP contribution >= 0.6 is 11.8 Å². The van der Waals surface area contributed by atoms with Gasteiger partial charge in [-0.05, 0) is 43.0 Å². The van der Waals surface area contributed by atoms with Crippen LogP contribution in [0, 0.1) is 0 Å². The van der Waals surface area contributed by atoms with Crippen LogP contribution in [0.1, 0.15) is 23.0 Å². The maximum absolute atomic E-state index is 12.0. The van der Waals surface area contributed by atoms with Gasteiger partial charge in [0, 0.05) is 18.2 Å². The highest BCUT2D eigenvalue weighted by Gasteiger charge is 2.33. The second kappa shape index (κ2) is 6.37. The van der Waals surface area contributed by atoms with Gasteiger partial charge in [-0.15, -0.1) is 0 Å². The summed E-state index contributed by atoms with van der Waals surface area (Å²) in [5, 5.41) is 8.61. The zero-order chi connectivity index (χ0) is 17.3. The first kappa shape index (κ1) is 16.1. The Kier molecular flexibility index (Phi) is 4.26. The molecule has 6 nitrogen and oxygen atoms in total. The van der Waals surface area contributed by atoms with Crippen LogP contribution in [0.3, 0.4) is 0 Å². The molecule has 2 amide bonds. The molecule has 1 saturated heterocycles. The van der Waals surface area contributed by atoms with Gasteiger partial charge >= 0.3 is 5.97 Å². The van der Waals surface area contributed by atoms with Crippen LogP contribution in [-0.4, -0.2) is 33.7 Å². The topological polar surface area (TPSA) is 87.8 Å². The molecule has 0 bridgehead atoms. The minimum Gasteiger partial charge on any atom is -0.478 e. The lowest BCUT2D eigenvalue weighted by molar-refractivity contribution is -0.122. The largest absolute Gasteiger partial charge is 0.478 e. The van der Waals surface area contributed by atoms with E-state index in [-0.39, 0.29) is 16.7 Å². The predicted octanol–water partition coefficient (Wildman–Crippen LogP) is 3.70. The fourth-order valence-corrected chi connectivity index (χ4v) is 3.15. The molecule has 1 fully saturated rings. The third-order valence-electron chi connectivity index (χ3n) is 3.51. The number of benzene rings is 1. The van der Waals surface area contributed by atoms with Crippen molar-refractivity contribution in [2.45, 2.75) is 6.92 Å². The minimum absolute atomic E-state index is 0.193. The lowest BCUT2D eigenvalue weighted by atomic mass is 10.1. The summed E-state index contributed by atoms with van der Waals surface area (Å²) < 4.78 is 5.67. The van der Waals surface area contributed by atoms with Gasteiger partial charge in [0.05, 0.1) is 10.5 Å². The van der Waals surface area contributed by atoms with Crippen molar-refractivity contribution in [1.29, 1.82) is 0 Å². The molecule has 2 heterocycles. The van der Waals surface area contributed by atoms with Crippen molar-refractivity contribution < 1.29 is 23.9 Å². The molecule has 0 radical (unpaired) electrons. The molecule has 0 atom stereocenters. The SMILES string of the molecule is CCN1C(=O)S/C(=C\c2ccc(-c3ccc(C(=O)O)cc3)o2)C1=O. The van der Waals surface area contributed by atoms with Crippen molar-refractivity contribution >= 4 is 35.0 Å². The van der Waals surface area contributed by atoms with Crippen LogP contribution in [-0.2, 0) is 4.79 Å². The van der Waals surface area contributed by atoms with E-state index < -0.39 is 5.97 Å². The molecule has 1 aromatic carbocycles. The Bertz CT molecular complexity index is 850. The second-order valence-corrected chi connectivity index (χ2v) is 6.00. The van der Waals surface area contributed by atoms with E-state index in [2.05, 4.69) is 0 Å². The smallest absolute Gasteiger partial charge is 0.335 e. The lowest BCUT2D eigenvalue weighted by Gasteiger charge is -2.06. The number of carbonyl (C=O) groups is 3. The fourth-order valence-electron chi connectivity index (χ4n) is 2.26. The Labute approximate surface area is 141 Å². The maximum Gasteiger partial charge on any atom is 0.335 e. The molecule has 0 spiro atoms. The van der Waals surface area contributed by atoms with E-state index >= 15 is 0 Å². The second-order valence-electron chi connectivity index (χ2n) is 5.01. The van der Waals surface area contributed by atoms with Crippen LogP contribution in [0.4, 0.5) is 4.79 Å². The molecule has 3 rings (SSSR count). The number of hydrogen-bond donors (Lipinski definition) is 1. The number of likely N-dealkylation sites (N-methyl/N-ethyl adjacent to an activating group) is 1. The van der Waals surface area contributed by atoms with E-state index in [1.54, 1.807) is 31.2 Å². The maximum atomic E-state index is 12.0. The van der Waals surface area contributed by atoms with Gasteiger partial charge in [0.2, 0.25) is 0 Å². The number of nitrogens with zero attached hydrogens (tertiary/aromatic N) is 1. The zero-order valence-electron chi connectivity index (χ0n) is 12.7. The van der Waals surface area contributed by atoms with Gasteiger partial charge in [-0.3, -0.25) is 14.5 Å². The summed E-state index contributed by atoms with van der Waals surface area (Å²) in [6, 6.07) is 9.71. The van der Waals surface area contributed by atoms with Crippen molar-refractivity contribution in [2.75, 3.05) is 6.54 Å². The molecule has 1 aromatic heterocycles. The van der Waals surface area contributed by atoms with Gasteiger partial charge in [0.1, 0.15) is 11.5 Å². The molecule has 0 saturated carbocycles. The average molecular weight is 343 g/mol. The molecule has 0 unspecified atom stereocenters. The highest BCUT2D eigenvalue weighted by atomic mass is 32.2. The molecule has 24 heavy (non-hydrogen) atoms. The van der Waals surface area contributed by atoms with Gasteiger partial charge in [0.15, 0.2) is 0 Å². The third kappa shape index (κ3) is 2.98. The number of imide groups is 1. The van der Waals surface area contributed by atoms with Crippen molar-refractivity contribution in [2.24, 2.45) is 0 Å². The summed E-state index contributed by atoms with van der Waals surface area (Å²) in [7, 11) is 0. The molecule has 1 aliphatic heterocycles. The van der Waals surface area contributed by atoms with Gasteiger partial charge in [-0.2, -0.15) is 0 Å². The Hall–Kier alpha value is -2.80. The van der Waals surface area contributed by atoms with E-state index in [1.165, 1.54) is 23.1 Å². The van der Waals surface area contributed by atoms with Crippen molar-refractivity contribution in [3.63, 3.8) is 0 Å². The van der Waals surface area contributed by atoms with Crippen molar-refractivity contribution in [3.8, 4) is 11.3 Å². The Balaban J connectivity index is 1.83. The molecule has 7 heteroatoms. The lowest BCUT2D eigenvalue weighted by Crippen LogP contribution is -2.27. The van der Waals surface area contributed by atoms with E-state index in [0.29, 0.717) is 23.0 Å². The summed E-state index contributed by atoms with van der Waals surface area (Å²) in [5.41, 5.74) is 0.917. The van der Waals surface area contributed by atoms with Crippen molar-refractivity contribution in [3.05, 3.63) is 52.6 Å². The van der Waals surface area contributed by atoms with Crippen molar-refractivity contribution in [1.82, 2.24) is 4.90 Å². The first-order valence-electron chi connectivity index (χ1n) is 7.18. The molecular weight excluding hydrogens is 330 g/mol. The third-order valence-corrected chi connectivity index (χ3v) is 4.41. The Morgan fingerprint density at radius 1 is 1.21 bits per heavy atom. The van der Waals surface area contributed by atoms with Gasteiger partial charge in [0.25, 0.3) is 11.1 Å². The molecule has 0 aliphatic carbocycles. The molecule has 1 aliphatic rings. The molecule has 2 aromatic rings. The van der Waals surface area contributed by atoms with Crippen LogP contribution in [0.25, 0.3) is 17.4 Å². The number of amides is 2. The monoisotopic (exact) mass is 343 g/mol. The number of thioether (sulfide) groups is 1. The number of furan rings is 1. The summed E-state index contributed by atoms with van der Waals surface area (Å²) in [4.78, 5) is 36.1. The zero-order valence-corrected chi connectivity index (χ0v) is 13.5. The van der Waals surface area contributed by atoms with E-state index in [1.807, 2.05) is 0 Å². The predicted molar refractivity (Wildman–Crippen MR) is 89.5 cm³/mol. The van der Waals surface area contributed by atoms with Crippen LogP contribution in [0.15, 0.2) is 45.7 Å². The fraction of sp³-hybridized carbons (Fsp3) is 0.118. The highest BCUT2D eigenvalue weighted by Crippen LogP contribution is 2.33. The van der Waals surface area contributed by atoms with Crippen LogP contribution < -0.4 is 0 Å².